The number of halogens is 3. The number of alkyl halides is 3. The summed E-state index contributed by atoms with van der Waals surface area (Å²) in [5.74, 6) is 1.03. The Morgan fingerprint density at radius 1 is 1.26 bits per heavy atom. The molecule has 0 saturated carbocycles. The molecule has 1 aliphatic heterocycles. The SMILES string of the molecule is CN(CC1CCNCC1)c1ccc(C(F)(F)F)nn1. The van der Waals surface area contributed by atoms with Crippen molar-refractivity contribution in [2.75, 3.05) is 31.6 Å². The van der Waals surface area contributed by atoms with Gasteiger partial charge in [0.1, 0.15) is 0 Å². The lowest BCUT2D eigenvalue weighted by Crippen LogP contribution is -2.35. The first-order chi connectivity index (χ1) is 8.97. The standard InChI is InChI=1S/C12H17F3N4/c1-19(8-9-4-6-16-7-5-9)11-3-2-10(17-18-11)12(13,14)15/h2-3,9,16H,4-8H2,1H3. The summed E-state index contributed by atoms with van der Waals surface area (Å²) in [5, 5.41) is 10.2. The molecule has 4 nitrogen and oxygen atoms in total. The molecule has 0 atom stereocenters. The number of nitrogens with one attached hydrogen (secondary N) is 1. The predicted molar refractivity (Wildman–Crippen MR) is 65.9 cm³/mol. The van der Waals surface area contributed by atoms with Crippen LogP contribution in [0.1, 0.15) is 18.5 Å². The number of piperidine rings is 1. The molecule has 0 unspecified atom stereocenters. The topological polar surface area (TPSA) is 41.0 Å². The van der Waals surface area contributed by atoms with Gasteiger partial charge in [-0.25, -0.2) is 0 Å². The molecular formula is C12H17F3N4. The van der Waals surface area contributed by atoms with Crippen molar-refractivity contribution < 1.29 is 13.2 Å². The number of hydrogen-bond acceptors (Lipinski definition) is 4. The van der Waals surface area contributed by atoms with Gasteiger partial charge < -0.3 is 10.2 Å². The Bertz CT molecular complexity index is 398. The molecule has 0 radical (unpaired) electrons. The molecule has 1 aromatic rings. The second-order valence-electron chi connectivity index (χ2n) is 4.85. The van der Waals surface area contributed by atoms with Crippen molar-refractivity contribution >= 4 is 5.82 Å². The first-order valence-corrected chi connectivity index (χ1v) is 6.29. The average molecular weight is 274 g/mol. The largest absolute Gasteiger partial charge is 0.435 e. The molecule has 2 heterocycles. The van der Waals surface area contributed by atoms with Crippen molar-refractivity contribution in [1.82, 2.24) is 15.5 Å². The fourth-order valence-corrected chi connectivity index (χ4v) is 2.23. The molecule has 1 fully saturated rings. The fraction of sp³-hybridized carbons (Fsp3) is 0.667. The summed E-state index contributed by atoms with van der Waals surface area (Å²) in [7, 11) is 1.83. The predicted octanol–water partition coefficient (Wildman–Crippen LogP) is 1.93. The van der Waals surface area contributed by atoms with Crippen molar-refractivity contribution in [3.63, 3.8) is 0 Å². The van der Waals surface area contributed by atoms with Gasteiger partial charge in [0.05, 0.1) is 0 Å². The van der Waals surface area contributed by atoms with Gasteiger partial charge in [0.15, 0.2) is 11.5 Å². The minimum Gasteiger partial charge on any atom is -0.358 e. The molecule has 2 rings (SSSR count). The van der Waals surface area contributed by atoms with Crippen LogP contribution >= 0.6 is 0 Å². The Morgan fingerprint density at radius 2 is 1.95 bits per heavy atom. The summed E-state index contributed by atoms with van der Waals surface area (Å²) < 4.78 is 37.1. The highest BCUT2D eigenvalue weighted by Crippen LogP contribution is 2.27. The lowest BCUT2D eigenvalue weighted by molar-refractivity contribution is -0.141. The van der Waals surface area contributed by atoms with Gasteiger partial charge in [-0.3, -0.25) is 0 Å². The van der Waals surface area contributed by atoms with E-state index in [0.717, 1.165) is 38.5 Å². The third-order valence-electron chi connectivity index (χ3n) is 3.32. The Labute approximate surface area is 110 Å². The third kappa shape index (κ3) is 3.79. The summed E-state index contributed by atoms with van der Waals surface area (Å²) in [6.07, 6.45) is -2.27. The smallest absolute Gasteiger partial charge is 0.358 e. The summed E-state index contributed by atoms with van der Waals surface area (Å²) in [5.41, 5.74) is -0.952. The Balaban J connectivity index is 1.97. The minimum absolute atomic E-state index is 0.478. The number of aromatic nitrogens is 2. The van der Waals surface area contributed by atoms with Crippen LogP contribution in [0.4, 0.5) is 19.0 Å². The molecule has 0 aromatic carbocycles. The molecule has 7 heteroatoms. The van der Waals surface area contributed by atoms with Gasteiger partial charge in [-0.05, 0) is 44.0 Å². The number of anilines is 1. The molecule has 0 bridgehead atoms. The lowest BCUT2D eigenvalue weighted by Gasteiger charge is -2.27. The van der Waals surface area contributed by atoms with Crippen LogP contribution < -0.4 is 10.2 Å². The molecule has 0 amide bonds. The van der Waals surface area contributed by atoms with E-state index in [4.69, 9.17) is 0 Å². The van der Waals surface area contributed by atoms with E-state index in [1.807, 2.05) is 11.9 Å². The van der Waals surface area contributed by atoms with Crippen molar-refractivity contribution in [1.29, 1.82) is 0 Å². The first kappa shape index (κ1) is 14.0. The van der Waals surface area contributed by atoms with E-state index in [-0.39, 0.29) is 0 Å². The van der Waals surface area contributed by atoms with Crippen molar-refractivity contribution in [3.8, 4) is 0 Å². The van der Waals surface area contributed by atoms with Crippen molar-refractivity contribution in [2.45, 2.75) is 19.0 Å². The van der Waals surface area contributed by atoms with E-state index in [2.05, 4.69) is 15.5 Å². The van der Waals surface area contributed by atoms with Gasteiger partial charge in [-0.1, -0.05) is 0 Å². The van der Waals surface area contributed by atoms with Crippen LogP contribution in [0.15, 0.2) is 12.1 Å². The molecule has 19 heavy (non-hydrogen) atoms. The van der Waals surface area contributed by atoms with E-state index in [1.54, 1.807) is 0 Å². The van der Waals surface area contributed by atoms with Gasteiger partial charge in [0, 0.05) is 13.6 Å². The number of nitrogens with zero attached hydrogens (tertiary/aromatic N) is 3. The fourth-order valence-electron chi connectivity index (χ4n) is 2.23. The molecule has 1 N–H and O–H groups in total. The molecule has 1 aromatic heterocycles. The zero-order chi connectivity index (χ0) is 13.9. The van der Waals surface area contributed by atoms with Crippen molar-refractivity contribution in [2.24, 2.45) is 5.92 Å². The van der Waals surface area contributed by atoms with Gasteiger partial charge >= 0.3 is 6.18 Å². The maximum atomic E-state index is 12.4. The lowest BCUT2D eigenvalue weighted by atomic mass is 9.98. The average Bonchev–Trinajstić information content (AvgIpc) is 2.39. The normalized spacial score (nSPS) is 17.5. The van der Waals surface area contributed by atoms with Crippen LogP contribution in [0.2, 0.25) is 0 Å². The zero-order valence-electron chi connectivity index (χ0n) is 10.7. The maximum absolute atomic E-state index is 12.4. The van der Waals surface area contributed by atoms with Crippen LogP contribution in [0, 0.1) is 5.92 Å². The molecular weight excluding hydrogens is 257 g/mol. The van der Waals surface area contributed by atoms with Crippen LogP contribution in [0.25, 0.3) is 0 Å². The highest BCUT2D eigenvalue weighted by atomic mass is 19.4. The Kier molecular flexibility index (Phi) is 4.24. The van der Waals surface area contributed by atoms with Crippen LogP contribution in [-0.2, 0) is 6.18 Å². The van der Waals surface area contributed by atoms with E-state index in [0.29, 0.717) is 11.7 Å². The van der Waals surface area contributed by atoms with Gasteiger partial charge in [0.2, 0.25) is 0 Å². The molecule has 106 valence electrons. The van der Waals surface area contributed by atoms with Gasteiger partial charge in [-0.15, -0.1) is 10.2 Å². The van der Waals surface area contributed by atoms with Crippen LogP contribution in [0.5, 0.6) is 0 Å². The summed E-state index contributed by atoms with van der Waals surface area (Å²) in [6.45, 7) is 2.79. The van der Waals surface area contributed by atoms with Gasteiger partial charge in [-0.2, -0.15) is 13.2 Å². The van der Waals surface area contributed by atoms with E-state index < -0.39 is 11.9 Å². The molecule has 0 aliphatic carbocycles. The second kappa shape index (κ2) is 5.73. The first-order valence-electron chi connectivity index (χ1n) is 6.29. The monoisotopic (exact) mass is 274 g/mol. The summed E-state index contributed by atoms with van der Waals surface area (Å²) in [4.78, 5) is 1.86. The van der Waals surface area contributed by atoms with Crippen LogP contribution in [0.3, 0.4) is 0 Å². The quantitative estimate of drug-likeness (QED) is 0.914. The second-order valence-corrected chi connectivity index (χ2v) is 4.85. The molecule has 1 aliphatic rings. The highest BCUT2D eigenvalue weighted by molar-refractivity contribution is 5.36. The van der Waals surface area contributed by atoms with Crippen LogP contribution in [-0.4, -0.2) is 36.9 Å². The van der Waals surface area contributed by atoms with Crippen molar-refractivity contribution in [3.05, 3.63) is 17.8 Å². The van der Waals surface area contributed by atoms with E-state index in [9.17, 15) is 13.2 Å². The number of hydrogen-bond donors (Lipinski definition) is 1. The Hall–Kier alpha value is -1.37. The molecule has 1 saturated heterocycles. The van der Waals surface area contributed by atoms with E-state index >= 15 is 0 Å². The third-order valence-corrected chi connectivity index (χ3v) is 3.32. The summed E-state index contributed by atoms with van der Waals surface area (Å²) >= 11 is 0. The minimum atomic E-state index is -4.43. The maximum Gasteiger partial charge on any atom is 0.435 e. The summed E-state index contributed by atoms with van der Waals surface area (Å²) in [6, 6.07) is 2.35. The van der Waals surface area contributed by atoms with Gasteiger partial charge in [0.25, 0.3) is 0 Å². The highest BCUT2D eigenvalue weighted by Gasteiger charge is 2.33. The number of rotatable bonds is 3. The zero-order valence-corrected chi connectivity index (χ0v) is 10.7. The molecule has 0 spiro atoms. The Morgan fingerprint density at radius 3 is 2.47 bits per heavy atom. The van der Waals surface area contributed by atoms with E-state index in [1.165, 1.54) is 6.07 Å².